The van der Waals surface area contributed by atoms with Crippen LogP contribution in [-0.2, 0) is 0 Å². The molecular weight excluding hydrogens is 318 g/mol. The third kappa shape index (κ3) is 4.37. The van der Waals surface area contributed by atoms with E-state index in [1.165, 1.54) is 10.5 Å². The minimum Gasteiger partial charge on any atom is -0.330 e. The number of hydrogen-bond donors (Lipinski definition) is 1. The lowest BCUT2D eigenvalue weighted by Gasteiger charge is -2.16. The molecule has 2 aromatic rings. The summed E-state index contributed by atoms with van der Waals surface area (Å²) in [7, 11) is 0. The Morgan fingerprint density at radius 1 is 1.00 bits per heavy atom. The van der Waals surface area contributed by atoms with Gasteiger partial charge in [0.25, 0.3) is 0 Å². The zero-order chi connectivity index (χ0) is 13.5. The van der Waals surface area contributed by atoms with Gasteiger partial charge in [0.05, 0.1) is 0 Å². The Bertz CT molecular complexity index is 501. The van der Waals surface area contributed by atoms with Crippen LogP contribution in [0.1, 0.15) is 17.9 Å². The first-order chi connectivity index (χ1) is 9.31. The lowest BCUT2D eigenvalue weighted by atomic mass is 9.97. The van der Waals surface area contributed by atoms with Crippen LogP contribution in [0.2, 0.25) is 0 Å². The molecule has 0 saturated heterocycles. The molecule has 3 heteroatoms. The van der Waals surface area contributed by atoms with Crippen LogP contribution in [0.4, 0.5) is 0 Å². The minimum absolute atomic E-state index is 0.423. The second-order valence-electron chi connectivity index (χ2n) is 4.40. The number of rotatable bonds is 6. The van der Waals surface area contributed by atoms with Crippen molar-refractivity contribution >= 4 is 27.7 Å². The van der Waals surface area contributed by atoms with E-state index < -0.39 is 0 Å². The Morgan fingerprint density at radius 2 is 1.68 bits per heavy atom. The summed E-state index contributed by atoms with van der Waals surface area (Å²) in [6, 6.07) is 18.9. The molecule has 2 N–H and O–H groups in total. The number of thioether (sulfide) groups is 1. The van der Waals surface area contributed by atoms with Gasteiger partial charge in [0.1, 0.15) is 0 Å². The van der Waals surface area contributed by atoms with Gasteiger partial charge < -0.3 is 5.73 Å². The summed E-state index contributed by atoms with van der Waals surface area (Å²) in [6.45, 7) is 0.692. The average Bonchev–Trinajstić information content (AvgIpc) is 2.46. The second-order valence-corrected chi connectivity index (χ2v) is 6.43. The maximum absolute atomic E-state index is 5.92. The van der Waals surface area contributed by atoms with E-state index in [1.54, 1.807) is 0 Å². The van der Waals surface area contributed by atoms with Crippen molar-refractivity contribution in [3.8, 4) is 0 Å². The number of halogens is 1. The fraction of sp³-hybridized carbons (Fsp3) is 0.250. The predicted molar refractivity (Wildman–Crippen MR) is 87.7 cm³/mol. The van der Waals surface area contributed by atoms with Crippen LogP contribution < -0.4 is 5.73 Å². The number of benzene rings is 2. The highest BCUT2D eigenvalue weighted by atomic mass is 79.9. The van der Waals surface area contributed by atoms with E-state index in [4.69, 9.17) is 5.73 Å². The Labute approximate surface area is 127 Å². The first-order valence-corrected chi connectivity index (χ1v) is 8.21. The van der Waals surface area contributed by atoms with Crippen LogP contribution in [0.3, 0.4) is 0 Å². The molecule has 0 saturated carbocycles. The van der Waals surface area contributed by atoms with Crippen LogP contribution in [-0.4, -0.2) is 12.3 Å². The molecule has 0 heterocycles. The third-order valence-electron chi connectivity index (χ3n) is 3.11. The number of nitrogens with two attached hydrogens (primary N) is 1. The van der Waals surface area contributed by atoms with Gasteiger partial charge in [0.15, 0.2) is 0 Å². The standard InChI is InChI=1S/C16H18BrNS/c17-16-9-5-4-8-15(16)13(12-18)10-11-19-14-6-2-1-3-7-14/h1-9,13H,10-12,18H2. The highest BCUT2D eigenvalue weighted by molar-refractivity contribution is 9.10. The molecule has 0 aliphatic carbocycles. The topological polar surface area (TPSA) is 26.0 Å². The van der Waals surface area contributed by atoms with Gasteiger partial charge in [-0.3, -0.25) is 0 Å². The lowest BCUT2D eigenvalue weighted by molar-refractivity contribution is 0.677. The van der Waals surface area contributed by atoms with Gasteiger partial charge in [-0.05, 0) is 48.4 Å². The molecule has 100 valence electrons. The summed E-state index contributed by atoms with van der Waals surface area (Å²) in [5, 5.41) is 0. The summed E-state index contributed by atoms with van der Waals surface area (Å²) in [5.74, 6) is 1.51. The van der Waals surface area contributed by atoms with Gasteiger partial charge in [0, 0.05) is 9.37 Å². The molecule has 0 bridgehead atoms. The fourth-order valence-corrected chi connectivity index (χ4v) is 3.64. The quantitative estimate of drug-likeness (QED) is 0.776. The second kappa shape index (κ2) is 7.73. The van der Waals surface area contributed by atoms with E-state index in [2.05, 4.69) is 58.4 Å². The van der Waals surface area contributed by atoms with Crippen LogP contribution in [0.5, 0.6) is 0 Å². The summed E-state index contributed by atoms with van der Waals surface area (Å²) in [6.07, 6.45) is 1.10. The molecule has 1 atom stereocenters. The molecule has 0 spiro atoms. The summed E-state index contributed by atoms with van der Waals surface area (Å²) in [4.78, 5) is 1.32. The van der Waals surface area contributed by atoms with Gasteiger partial charge in [-0.1, -0.05) is 52.3 Å². The Hall–Kier alpha value is -0.770. The monoisotopic (exact) mass is 335 g/mol. The first kappa shape index (κ1) is 14.6. The highest BCUT2D eigenvalue weighted by Crippen LogP contribution is 2.29. The van der Waals surface area contributed by atoms with Gasteiger partial charge in [-0.15, -0.1) is 11.8 Å². The van der Waals surface area contributed by atoms with Crippen molar-refractivity contribution in [3.63, 3.8) is 0 Å². The summed E-state index contributed by atoms with van der Waals surface area (Å²) in [5.41, 5.74) is 7.24. The molecule has 1 nitrogen and oxygen atoms in total. The van der Waals surface area contributed by atoms with Crippen LogP contribution in [0.15, 0.2) is 64.0 Å². The molecule has 0 fully saturated rings. The van der Waals surface area contributed by atoms with E-state index in [0.717, 1.165) is 16.6 Å². The van der Waals surface area contributed by atoms with Gasteiger partial charge in [-0.25, -0.2) is 0 Å². The SMILES string of the molecule is NCC(CCSc1ccccc1)c1ccccc1Br. The smallest absolute Gasteiger partial charge is 0.0210 e. The van der Waals surface area contributed by atoms with Crippen molar-refractivity contribution < 1.29 is 0 Å². The summed E-state index contributed by atoms with van der Waals surface area (Å²) >= 11 is 5.51. The Balaban J connectivity index is 1.92. The molecule has 2 aromatic carbocycles. The van der Waals surface area contributed by atoms with Crippen molar-refractivity contribution in [2.75, 3.05) is 12.3 Å². The molecular formula is C16H18BrNS. The predicted octanol–water partition coefficient (Wildman–Crippen LogP) is 4.67. The Kier molecular flexibility index (Phi) is 5.95. The average molecular weight is 336 g/mol. The fourth-order valence-electron chi connectivity index (χ4n) is 2.04. The van der Waals surface area contributed by atoms with Crippen molar-refractivity contribution in [3.05, 3.63) is 64.6 Å². The van der Waals surface area contributed by atoms with Crippen LogP contribution in [0.25, 0.3) is 0 Å². The molecule has 0 amide bonds. The normalized spacial score (nSPS) is 12.3. The van der Waals surface area contributed by atoms with E-state index >= 15 is 0 Å². The molecule has 19 heavy (non-hydrogen) atoms. The van der Waals surface area contributed by atoms with Crippen molar-refractivity contribution in [2.45, 2.75) is 17.2 Å². The molecule has 1 unspecified atom stereocenters. The zero-order valence-electron chi connectivity index (χ0n) is 10.8. The minimum atomic E-state index is 0.423. The van der Waals surface area contributed by atoms with Gasteiger partial charge >= 0.3 is 0 Å². The molecule has 0 radical (unpaired) electrons. The van der Waals surface area contributed by atoms with E-state index in [-0.39, 0.29) is 0 Å². The lowest BCUT2D eigenvalue weighted by Crippen LogP contribution is -2.13. The zero-order valence-corrected chi connectivity index (χ0v) is 13.2. The highest BCUT2D eigenvalue weighted by Gasteiger charge is 2.12. The van der Waals surface area contributed by atoms with Gasteiger partial charge in [0.2, 0.25) is 0 Å². The van der Waals surface area contributed by atoms with Crippen molar-refractivity contribution in [1.29, 1.82) is 0 Å². The Morgan fingerprint density at radius 3 is 2.37 bits per heavy atom. The summed E-state index contributed by atoms with van der Waals surface area (Å²) < 4.78 is 1.16. The van der Waals surface area contributed by atoms with Crippen LogP contribution >= 0.6 is 27.7 Å². The number of hydrogen-bond acceptors (Lipinski definition) is 2. The maximum atomic E-state index is 5.92. The van der Waals surface area contributed by atoms with Crippen LogP contribution in [0, 0.1) is 0 Å². The molecule has 0 aliphatic rings. The van der Waals surface area contributed by atoms with E-state index in [0.29, 0.717) is 12.5 Å². The van der Waals surface area contributed by atoms with E-state index in [1.807, 2.05) is 23.9 Å². The largest absolute Gasteiger partial charge is 0.330 e. The molecule has 0 aromatic heterocycles. The maximum Gasteiger partial charge on any atom is 0.0210 e. The van der Waals surface area contributed by atoms with Crippen molar-refractivity contribution in [2.24, 2.45) is 5.73 Å². The third-order valence-corrected chi connectivity index (χ3v) is 4.88. The molecule has 2 rings (SSSR count). The van der Waals surface area contributed by atoms with Gasteiger partial charge in [-0.2, -0.15) is 0 Å². The van der Waals surface area contributed by atoms with Crippen molar-refractivity contribution in [1.82, 2.24) is 0 Å². The van der Waals surface area contributed by atoms with E-state index in [9.17, 15) is 0 Å². The first-order valence-electron chi connectivity index (χ1n) is 6.43. The molecule has 0 aliphatic heterocycles.